The number of hydrogen-bond acceptors (Lipinski definition) is 6. The molecule has 11 heteroatoms. The molecule has 1 aromatic carbocycles. The number of rotatable bonds is 5. The Balaban J connectivity index is 2.05. The molecule has 0 saturated heterocycles. The molecule has 0 aliphatic heterocycles. The molecule has 0 aliphatic rings. The topological polar surface area (TPSA) is 81.5 Å². The van der Waals surface area contributed by atoms with Crippen LogP contribution in [0.1, 0.15) is 22.4 Å². The van der Waals surface area contributed by atoms with E-state index in [9.17, 15) is 21.6 Å². The van der Waals surface area contributed by atoms with Gasteiger partial charge in [0.1, 0.15) is 16.3 Å². The summed E-state index contributed by atoms with van der Waals surface area (Å²) in [5.74, 6) is 0. The number of nitrogens with zero attached hydrogens (tertiary/aromatic N) is 3. The fraction of sp³-hybridized carbons (Fsp3) is 0.105. The molecule has 156 valence electrons. The molecule has 0 amide bonds. The Bertz CT molecular complexity index is 1180. The van der Waals surface area contributed by atoms with E-state index in [2.05, 4.69) is 15.1 Å². The van der Waals surface area contributed by atoms with Crippen molar-refractivity contribution in [3.05, 3.63) is 88.5 Å². The van der Waals surface area contributed by atoms with Gasteiger partial charge in [-0.05, 0) is 37.3 Å². The molecule has 3 rings (SSSR count). The fourth-order valence-corrected chi connectivity index (χ4v) is 3.32. The predicted octanol–water partition coefficient (Wildman–Crippen LogP) is 4.62. The third kappa shape index (κ3) is 4.95. The maximum Gasteiger partial charge on any atom is 0.417 e. The lowest BCUT2D eigenvalue weighted by Crippen LogP contribution is -2.13. The molecule has 0 unspecified atom stereocenters. The highest BCUT2D eigenvalue weighted by Crippen LogP contribution is 2.31. The molecule has 0 spiro atoms. The van der Waals surface area contributed by atoms with Crippen LogP contribution in [-0.4, -0.2) is 24.1 Å². The van der Waals surface area contributed by atoms with E-state index in [1.54, 1.807) is 19.1 Å². The van der Waals surface area contributed by atoms with E-state index in [0.29, 0.717) is 12.3 Å². The number of alkyl halides is 3. The lowest BCUT2D eigenvalue weighted by atomic mass is 10.1. The zero-order chi connectivity index (χ0) is 21.9. The van der Waals surface area contributed by atoms with Gasteiger partial charge >= 0.3 is 16.3 Å². The first kappa shape index (κ1) is 21.7. The number of oxime groups is 1. The van der Waals surface area contributed by atoms with Crippen LogP contribution in [0.3, 0.4) is 0 Å². The van der Waals surface area contributed by atoms with Crippen molar-refractivity contribution in [1.29, 1.82) is 0 Å². The number of hydrogen-bond donors (Lipinski definition) is 0. The van der Waals surface area contributed by atoms with Crippen molar-refractivity contribution in [1.82, 2.24) is 9.97 Å². The molecule has 3 aromatic rings. The molecule has 0 bridgehead atoms. The van der Waals surface area contributed by atoms with Crippen LogP contribution in [-0.2, 0) is 20.6 Å². The summed E-state index contributed by atoms with van der Waals surface area (Å²) < 4.78 is 68.4. The van der Waals surface area contributed by atoms with Gasteiger partial charge in [-0.1, -0.05) is 34.5 Å². The maximum atomic E-state index is 12.9. The van der Waals surface area contributed by atoms with E-state index < -0.39 is 21.9 Å². The fourth-order valence-electron chi connectivity index (χ4n) is 2.34. The van der Waals surface area contributed by atoms with Crippen molar-refractivity contribution in [3.8, 4) is 0 Å². The number of aromatic nitrogens is 2. The third-order valence-electron chi connectivity index (χ3n) is 3.86. The third-order valence-corrected chi connectivity index (χ3v) is 5.27. The van der Waals surface area contributed by atoms with Gasteiger partial charge in [-0.3, -0.25) is 14.3 Å². The molecule has 30 heavy (non-hydrogen) atoms. The van der Waals surface area contributed by atoms with E-state index >= 15 is 0 Å². The van der Waals surface area contributed by atoms with Crippen molar-refractivity contribution in [3.63, 3.8) is 0 Å². The van der Waals surface area contributed by atoms with Gasteiger partial charge in [0.05, 0.1) is 10.6 Å². The van der Waals surface area contributed by atoms with Crippen LogP contribution < -0.4 is 0 Å². The summed E-state index contributed by atoms with van der Waals surface area (Å²) in [6, 6.07) is 9.54. The first-order valence-corrected chi connectivity index (χ1v) is 10.1. The normalized spacial score (nSPS) is 12.6. The standard InChI is InChI=1S/C19H13ClF3N3O3S/c1-12-4-6-15(7-5-12)30(27,28)29-26-17(13-3-2-8-24-10-13)18-16(20)9-14(11-25-18)19(21,22)23/h2-11H,1H3/b26-17-. The van der Waals surface area contributed by atoms with Crippen molar-refractivity contribution < 1.29 is 25.9 Å². The first-order valence-electron chi connectivity index (χ1n) is 8.30. The van der Waals surface area contributed by atoms with Gasteiger partial charge in [-0.15, -0.1) is 0 Å². The quantitative estimate of drug-likeness (QED) is 0.414. The van der Waals surface area contributed by atoms with Gasteiger partial charge in [0.2, 0.25) is 0 Å². The number of benzene rings is 1. The molecule has 2 heterocycles. The van der Waals surface area contributed by atoms with Gasteiger partial charge in [-0.25, -0.2) is 0 Å². The zero-order valence-corrected chi connectivity index (χ0v) is 16.8. The van der Waals surface area contributed by atoms with Crippen LogP contribution in [0.5, 0.6) is 0 Å². The Morgan fingerprint density at radius 2 is 1.83 bits per heavy atom. The number of pyridine rings is 2. The molecule has 0 fully saturated rings. The lowest BCUT2D eigenvalue weighted by molar-refractivity contribution is -0.137. The summed E-state index contributed by atoms with van der Waals surface area (Å²) in [4.78, 5) is 7.47. The summed E-state index contributed by atoms with van der Waals surface area (Å²) in [5, 5.41) is 3.26. The highest BCUT2D eigenvalue weighted by molar-refractivity contribution is 7.86. The number of halogens is 4. The molecule has 0 atom stereocenters. The molecule has 2 aromatic heterocycles. The first-order chi connectivity index (χ1) is 14.1. The summed E-state index contributed by atoms with van der Waals surface area (Å²) in [6.45, 7) is 1.79. The van der Waals surface area contributed by atoms with E-state index in [1.165, 1.54) is 36.7 Å². The summed E-state index contributed by atoms with van der Waals surface area (Å²) >= 11 is 6.00. The predicted molar refractivity (Wildman–Crippen MR) is 104 cm³/mol. The molecule has 0 saturated carbocycles. The Morgan fingerprint density at radius 3 is 2.40 bits per heavy atom. The van der Waals surface area contributed by atoms with Crippen LogP contribution >= 0.6 is 11.6 Å². The molecule has 0 aliphatic carbocycles. The van der Waals surface area contributed by atoms with Crippen molar-refractivity contribution >= 4 is 27.4 Å². The second-order valence-corrected chi connectivity index (χ2v) is 8.01. The summed E-state index contributed by atoms with van der Waals surface area (Å²) in [5.41, 5.74) is -0.371. The highest BCUT2D eigenvalue weighted by atomic mass is 35.5. The molecular formula is C19H13ClF3N3O3S. The Hall–Kier alpha value is -2.98. The van der Waals surface area contributed by atoms with E-state index in [4.69, 9.17) is 15.9 Å². The average molecular weight is 456 g/mol. The summed E-state index contributed by atoms with van der Waals surface area (Å²) in [7, 11) is -4.29. The SMILES string of the molecule is Cc1ccc(S(=O)(=O)O/N=C(/c2cccnc2)c2ncc(C(F)(F)F)cc2Cl)cc1. The summed E-state index contributed by atoms with van der Waals surface area (Å²) in [6.07, 6.45) is -1.31. The average Bonchev–Trinajstić information content (AvgIpc) is 2.69. The van der Waals surface area contributed by atoms with Gasteiger partial charge < -0.3 is 0 Å². The van der Waals surface area contributed by atoms with E-state index in [-0.39, 0.29) is 26.9 Å². The van der Waals surface area contributed by atoms with Crippen molar-refractivity contribution in [2.75, 3.05) is 0 Å². The number of aryl methyl sites for hydroxylation is 1. The zero-order valence-electron chi connectivity index (χ0n) is 15.3. The van der Waals surface area contributed by atoms with Crippen LogP contribution in [0.15, 0.2) is 71.1 Å². The lowest BCUT2D eigenvalue weighted by Gasteiger charge is -2.11. The van der Waals surface area contributed by atoms with Gasteiger partial charge in [0.25, 0.3) is 0 Å². The maximum absolute atomic E-state index is 12.9. The van der Waals surface area contributed by atoms with E-state index in [1.807, 2.05) is 0 Å². The van der Waals surface area contributed by atoms with E-state index in [0.717, 1.165) is 5.56 Å². The van der Waals surface area contributed by atoms with Gasteiger partial charge in [0, 0.05) is 24.2 Å². The Labute approximate surface area is 175 Å². The van der Waals surface area contributed by atoms with Crippen LogP contribution in [0.25, 0.3) is 0 Å². The second kappa shape index (κ2) is 8.41. The smallest absolute Gasteiger partial charge is 0.264 e. The largest absolute Gasteiger partial charge is 0.417 e. The molecule has 0 radical (unpaired) electrons. The van der Waals surface area contributed by atoms with Crippen LogP contribution in [0.2, 0.25) is 5.02 Å². The monoisotopic (exact) mass is 455 g/mol. The molecule has 0 N–H and O–H groups in total. The molecule has 6 nitrogen and oxygen atoms in total. The van der Waals surface area contributed by atoms with Crippen LogP contribution in [0, 0.1) is 6.92 Å². The minimum atomic E-state index is -4.65. The Kier molecular flexibility index (Phi) is 6.09. The Morgan fingerprint density at radius 1 is 1.13 bits per heavy atom. The minimum Gasteiger partial charge on any atom is -0.264 e. The van der Waals surface area contributed by atoms with Gasteiger partial charge in [0.15, 0.2) is 0 Å². The van der Waals surface area contributed by atoms with Gasteiger partial charge in [-0.2, -0.15) is 21.6 Å². The van der Waals surface area contributed by atoms with Crippen molar-refractivity contribution in [2.24, 2.45) is 5.16 Å². The second-order valence-electron chi connectivity index (χ2n) is 6.08. The molecular weight excluding hydrogens is 443 g/mol. The highest BCUT2D eigenvalue weighted by Gasteiger charge is 2.32. The van der Waals surface area contributed by atoms with Crippen molar-refractivity contribution in [2.45, 2.75) is 18.0 Å². The van der Waals surface area contributed by atoms with Crippen LogP contribution in [0.4, 0.5) is 13.2 Å². The minimum absolute atomic E-state index is 0.145.